The van der Waals surface area contributed by atoms with Gasteiger partial charge in [0.1, 0.15) is 4.90 Å². The van der Waals surface area contributed by atoms with E-state index in [1.807, 2.05) is 13.0 Å². The summed E-state index contributed by atoms with van der Waals surface area (Å²) in [6.07, 6.45) is 1.66. The molecule has 1 aromatic heterocycles. The Morgan fingerprint density at radius 2 is 1.70 bits per heavy atom. The Kier molecular flexibility index (Phi) is 5.71. The molecule has 0 bridgehead atoms. The van der Waals surface area contributed by atoms with E-state index in [0.29, 0.717) is 43.4 Å². The van der Waals surface area contributed by atoms with Gasteiger partial charge in [-0.25, -0.2) is 21.6 Å². The molecular weight excluding hydrogens is 424 g/mol. The van der Waals surface area contributed by atoms with Crippen LogP contribution in [0.5, 0.6) is 0 Å². The van der Waals surface area contributed by atoms with E-state index in [2.05, 4.69) is 9.71 Å². The van der Waals surface area contributed by atoms with Crippen molar-refractivity contribution < 1.29 is 21.6 Å². The van der Waals surface area contributed by atoms with Gasteiger partial charge in [-0.2, -0.15) is 0 Å². The van der Waals surface area contributed by atoms with E-state index < -0.39 is 19.9 Å². The number of hydrogen-bond donors (Lipinski definition) is 2. The minimum Gasteiger partial charge on any atom is -0.381 e. The van der Waals surface area contributed by atoms with Crippen molar-refractivity contribution in [2.75, 3.05) is 13.2 Å². The van der Waals surface area contributed by atoms with Crippen molar-refractivity contribution in [2.45, 2.75) is 47.0 Å². The summed E-state index contributed by atoms with van der Waals surface area (Å²) >= 11 is 0. The van der Waals surface area contributed by atoms with Gasteiger partial charge in [-0.05, 0) is 43.0 Å². The molecule has 1 aliphatic rings. The third-order valence-corrected chi connectivity index (χ3v) is 8.80. The van der Waals surface area contributed by atoms with Gasteiger partial charge in [0, 0.05) is 30.2 Å². The first-order valence-corrected chi connectivity index (χ1v) is 12.8. The third-order valence-electron chi connectivity index (χ3n) is 5.35. The van der Waals surface area contributed by atoms with Crippen molar-refractivity contribution in [3.63, 3.8) is 0 Å². The van der Waals surface area contributed by atoms with Crippen molar-refractivity contribution in [3.8, 4) is 0 Å². The smallest absolute Gasteiger partial charge is 0.244 e. The summed E-state index contributed by atoms with van der Waals surface area (Å²) in [5.41, 5.74) is 1.25. The first-order chi connectivity index (χ1) is 14.3. The summed E-state index contributed by atoms with van der Waals surface area (Å²) in [7, 11) is -8.19. The molecule has 0 unspecified atom stereocenters. The Labute approximate surface area is 176 Å². The second kappa shape index (κ2) is 8.14. The summed E-state index contributed by atoms with van der Waals surface area (Å²) < 4.78 is 61.9. The molecule has 2 N–H and O–H groups in total. The standard InChI is InChI=1S/C21H24N2O5S2/c1-2-15-7-6-10-18-19(15)20(30(26,27)23-16-11-13-28-14-12-16)21(22-18)29(24,25)17-8-4-3-5-9-17/h3-10,16,22-23H,2,11-14H2,1H3. The molecule has 0 atom stereocenters. The second-order valence-corrected chi connectivity index (χ2v) is 10.8. The minimum absolute atomic E-state index is 0.0390. The number of aromatic amines is 1. The fourth-order valence-corrected chi connectivity index (χ4v) is 7.41. The van der Waals surface area contributed by atoms with Crippen LogP contribution in [0.1, 0.15) is 25.3 Å². The molecule has 0 aliphatic carbocycles. The molecule has 0 saturated carbocycles. The summed E-state index contributed by atoms with van der Waals surface area (Å²) in [4.78, 5) is 2.72. The lowest BCUT2D eigenvalue weighted by atomic mass is 10.1. The number of nitrogens with one attached hydrogen (secondary N) is 2. The highest BCUT2D eigenvalue weighted by Gasteiger charge is 2.35. The highest BCUT2D eigenvalue weighted by molar-refractivity contribution is 7.93. The van der Waals surface area contributed by atoms with Gasteiger partial charge in [0.05, 0.1) is 4.90 Å². The molecule has 2 heterocycles. The van der Waals surface area contributed by atoms with Crippen LogP contribution in [0, 0.1) is 0 Å². The predicted molar refractivity (Wildman–Crippen MR) is 114 cm³/mol. The Balaban J connectivity index is 1.95. The molecule has 160 valence electrons. The molecule has 1 aliphatic heterocycles. The fraction of sp³-hybridized carbons (Fsp3) is 0.333. The van der Waals surface area contributed by atoms with E-state index in [1.54, 1.807) is 30.3 Å². The first kappa shape index (κ1) is 21.0. The molecule has 1 fully saturated rings. The third kappa shape index (κ3) is 3.78. The Bertz CT molecular complexity index is 1260. The van der Waals surface area contributed by atoms with Gasteiger partial charge < -0.3 is 9.72 Å². The Hall–Kier alpha value is -2.20. The number of hydrogen-bond acceptors (Lipinski definition) is 5. The molecule has 30 heavy (non-hydrogen) atoms. The average Bonchev–Trinajstić information content (AvgIpc) is 3.16. The van der Waals surface area contributed by atoms with Crippen LogP contribution in [-0.2, 0) is 31.0 Å². The maximum absolute atomic E-state index is 13.5. The van der Waals surface area contributed by atoms with E-state index >= 15 is 0 Å². The minimum atomic E-state index is -4.11. The van der Waals surface area contributed by atoms with Crippen LogP contribution in [0.4, 0.5) is 0 Å². The molecule has 0 radical (unpaired) electrons. The van der Waals surface area contributed by atoms with Gasteiger partial charge >= 0.3 is 0 Å². The number of fused-ring (bicyclic) bond motifs is 1. The van der Waals surface area contributed by atoms with E-state index in [1.165, 1.54) is 12.1 Å². The zero-order chi connectivity index (χ0) is 21.4. The van der Waals surface area contributed by atoms with E-state index in [4.69, 9.17) is 4.74 Å². The van der Waals surface area contributed by atoms with Crippen molar-refractivity contribution in [2.24, 2.45) is 0 Å². The van der Waals surface area contributed by atoms with E-state index in [-0.39, 0.29) is 20.9 Å². The number of sulfone groups is 1. The van der Waals surface area contributed by atoms with Gasteiger partial charge in [-0.1, -0.05) is 37.3 Å². The quantitative estimate of drug-likeness (QED) is 0.603. The summed E-state index contributed by atoms with van der Waals surface area (Å²) in [5.74, 6) is 0. The molecule has 0 spiro atoms. The van der Waals surface area contributed by atoms with Crippen LogP contribution in [0.15, 0.2) is 63.3 Å². The zero-order valence-electron chi connectivity index (χ0n) is 16.6. The topological polar surface area (TPSA) is 105 Å². The van der Waals surface area contributed by atoms with Crippen LogP contribution in [0.2, 0.25) is 0 Å². The summed E-state index contributed by atoms with van der Waals surface area (Å²) in [6.45, 7) is 2.85. The number of aryl methyl sites for hydroxylation is 1. The number of aromatic nitrogens is 1. The summed E-state index contributed by atoms with van der Waals surface area (Å²) in [5, 5.41) is 0.123. The van der Waals surface area contributed by atoms with Gasteiger partial charge in [-0.15, -0.1) is 0 Å². The molecule has 3 aromatic rings. The number of sulfonamides is 1. The van der Waals surface area contributed by atoms with Crippen LogP contribution < -0.4 is 4.72 Å². The van der Waals surface area contributed by atoms with Gasteiger partial charge in [0.2, 0.25) is 19.9 Å². The lowest BCUT2D eigenvalue weighted by Crippen LogP contribution is -2.39. The van der Waals surface area contributed by atoms with Crippen molar-refractivity contribution in [3.05, 3.63) is 54.1 Å². The average molecular weight is 449 g/mol. The van der Waals surface area contributed by atoms with Crippen molar-refractivity contribution in [1.82, 2.24) is 9.71 Å². The molecule has 1 saturated heterocycles. The van der Waals surface area contributed by atoms with Gasteiger partial charge in [0.15, 0.2) is 5.03 Å². The van der Waals surface area contributed by atoms with Gasteiger partial charge in [0.25, 0.3) is 0 Å². The van der Waals surface area contributed by atoms with E-state index in [0.717, 1.165) is 5.56 Å². The zero-order valence-corrected chi connectivity index (χ0v) is 18.2. The van der Waals surface area contributed by atoms with Gasteiger partial charge in [-0.3, -0.25) is 0 Å². The Morgan fingerprint density at radius 3 is 2.37 bits per heavy atom. The lowest BCUT2D eigenvalue weighted by Gasteiger charge is -2.23. The molecule has 7 nitrogen and oxygen atoms in total. The molecule has 0 amide bonds. The maximum atomic E-state index is 13.5. The number of rotatable bonds is 6. The predicted octanol–water partition coefficient (Wildman–Crippen LogP) is 3.02. The highest BCUT2D eigenvalue weighted by Crippen LogP contribution is 2.35. The normalized spacial score (nSPS) is 16.2. The van der Waals surface area contributed by atoms with Crippen molar-refractivity contribution in [1.29, 1.82) is 0 Å². The number of H-pyrrole nitrogens is 1. The van der Waals surface area contributed by atoms with E-state index in [9.17, 15) is 16.8 Å². The molecule has 4 rings (SSSR count). The highest BCUT2D eigenvalue weighted by atomic mass is 32.2. The number of benzene rings is 2. The largest absolute Gasteiger partial charge is 0.381 e. The SMILES string of the molecule is CCc1cccc2[nH]c(S(=O)(=O)c3ccccc3)c(S(=O)(=O)NC3CCOCC3)c12. The summed E-state index contributed by atoms with van der Waals surface area (Å²) in [6, 6.07) is 12.9. The number of ether oxygens (including phenoxy) is 1. The Morgan fingerprint density at radius 1 is 1.00 bits per heavy atom. The maximum Gasteiger partial charge on any atom is 0.244 e. The first-order valence-electron chi connectivity index (χ1n) is 9.88. The lowest BCUT2D eigenvalue weighted by molar-refractivity contribution is 0.0832. The van der Waals surface area contributed by atoms with Crippen LogP contribution in [-0.4, -0.2) is 41.1 Å². The van der Waals surface area contributed by atoms with Crippen molar-refractivity contribution >= 4 is 30.8 Å². The second-order valence-electron chi connectivity index (χ2n) is 7.30. The van der Waals surface area contributed by atoms with Crippen LogP contribution >= 0.6 is 0 Å². The molecule has 9 heteroatoms. The fourth-order valence-electron chi connectivity index (χ4n) is 3.82. The monoisotopic (exact) mass is 448 g/mol. The van der Waals surface area contributed by atoms with Crippen LogP contribution in [0.3, 0.4) is 0 Å². The molecule has 2 aromatic carbocycles. The van der Waals surface area contributed by atoms with Crippen LogP contribution in [0.25, 0.3) is 10.9 Å². The molecular formula is C21H24N2O5S2.